The van der Waals surface area contributed by atoms with Gasteiger partial charge in [0.15, 0.2) is 11.6 Å². The number of fused-ring (bicyclic) bond motifs is 2. The number of para-hydroxylation sites is 2. The third-order valence-corrected chi connectivity index (χ3v) is 5.87. The van der Waals surface area contributed by atoms with Gasteiger partial charge in [-0.2, -0.15) is 5.26 Å². The number of ether oxygens (including phenoxy) is 1. The van der Waals surface area contributed by atoms with Crippen LogP contribution in [-0.2, 0) is 19.1 Å². The van der Waals surface area contributed by atoms with Crippen molar-refractivity contribution in [2.75, 3.05) is 13.2 Å². The number of H-pyrrole nitrogens is 1. The fourth-order valence-corrected chi connectivity index (χ4v) is 4.27. The predicted molar refractivity (Wildman–Crippen MR) is 109 cm³/mol. The molecule has 1 aliphatic carbocycles. The number of amides is 2. The van der Waals surface area contributed by atoms with Gasteiger partial charge in [0.05, 0.1) is 29.3 Å². The summed E-state index contributed by atoms with van der Waals surface area (Å²) >= 11 is 0. The molecule has 1 saturated carbocycles. The number of aliphatic hydroxyl groups excluding tert-OH is 1. The molecule has 9 heteroatoms. The number of imidazole rings is 1. The maximum absolute atomic E-state index is 12.4. The zero-order chi connectivity index (χ0) is 22.0. The molecule has 1 aromatic heterocycles. The highest BCUT2D eigenvalue weighted by Gasteiger charge is 2.47. The summed E-state index contributed by atoms with van der Waals surface area (Å²) in [5.41, 5.74) is 1.21. The number of aromatic amines is 1. The van der Waals surface area contributed by atoms with Gasteiger partial charge in [0.2, 0.25) is 11.8 Å². The van der Waals surface area contributed by atoms with Gasteiger partial charge in [-0.3, -0.25) is 19.3 Å². The molecular formula is C22H22N4O5. The number of esters is 1. The van der Waals surface area contributed by atoms with Gasteiger partial charge in [0.1, 0.15) is 18.2 Å². The minimum atomic E-state index is -0.677. The number of hydrogen-bond acceptors (Lipinski definition) is 7. The lowest BCUT2D eigenvalue weighted by Gasteiger charge is -2.19. The number of imide groups is 1. The summed E-state index contributed by atoms with van der Waals surface area (Å²) in [7, 11) is 0. The maximum atomic E-state index is 12.4. The number of carbonyl (C=O) groups excluding carboxylic acids is 3. The van der Waals surface area contributed by atoms with Crippen molar-refractivity contribution in [3.05, 3.63) is 35.8 Å². The van der Waals surface area contributed by atoms with Gasteiger partial charge in [-0.05, 0) is 25.0 Å². The van der Waals surface area contributed by atoms with E-state index in [9.17, 15) is 24.8 Å². The molecule has 0 radical (unpaired) electrons. The molecule has 2 amide bonds. The number of likely N-dealkylation sites (tertiary alicyclic amines) is 1. The average Bonchev–Trinajstić information content (AvgIpc) is 3.31. The van der Waals surface area contributed by atoms with Gasteiger partial charge in [0.25, 0.3) is 0 Å². The van der Waals surface area contributed by atoms with E-state index >= 15 is 0 Å². The van der Waals surface area contributed by atoms with Gasteiger partial charge >= 0.3 is 5.97 Å². The SMILES string of the molecule is N#C/C(=C(\O)COC(=O)CCN1C(=O)C2CCCCC2C1=O)c1nc2ccccc2[nH]1. The Morgan fingerprint density at radius 1 is 1.23 bits per heavy atom. The molecule has 2 atom stereocenters. The lowest BCUT2D eigenvalue weighted by Crippen LogP contribution is -2.33. The molecule has 9 nitrogen and oxygen atoms in total. The second kappa shape index (κ2) is 8.60. The molecule has 31 heavy (non-hydrogen) atoms. The molecule has 2 aliphatic rings. The van der Waals surface area contributed by atoms with E-state index in [2.05, 4.69) is 9.97 Å². The molecule has 2 N–H and O–H groups in total. The van der Waals surface area contributed by atoms with Crippen molar-refractivity contribution in [3.8, 4) is 6.07 Å². The first-order valence-corrected chi connectivity index (χ1v) is 10.3. The van der Waals surface area contributed by atoms with Crippen LogP contribution in [0.15, 0.2) is 30.0 Å². The number of nitrogens with zero attached hydrogens (tertiary/aromatic N) is 3. The Hall–Kier alpha value is -3.67. The molecule has 2 unspecified atom stereocenters. The smallest absolute Gasteiger partial charge is 0.308 e. The number of carbonyl (C=O) groups is 3. The van der Waals surface area contributed by atoms with Crippen LogP contribution in [0.3, 0.4) is 0 Å². The summed E-state index contributed by atoms with van der Waals surface area (Å²) in [4.78, 5) is 45.4. The normalized spacial score (nSPS) is 21.6. The maximum Gasteiger partial charge on any atom is 0.308 e. The molecule has 1 aromatic carbocycles. The zero-order valence-corrected chi connectivity index (χ0v) is 16.8. The largest absolute Gasteiger partial charge is 0.507 e. The first-order chi connectivity index (χ1) is 15.0. The summed E-state index contributed by atoms with van der Waals surface area (Å²) in [6.07, 6.45) is 3.14. The summed E-state index contributed by atoms with van der Waals surface area (Å²) in [6.45, 7) is -0.547. The van der Waals surface area contributed by atoms with Crippen LogP contribution in [0.4, 0.5) is 0 Å². The van der Waals surface area contributed by atoms with E-state index in [1.807, 2.05) is 12.1 Å². The summed E-state index contributed by atoms with van der Waals surface area (Å²) in [6, 6.07) is 9.03. The van der Waals surface area contributed by atoms with Gasteiger partial charge in [-0.25, -0.2) is 4.98 Å². The average molecular weight is 422 g/mol. The topological polar surface area (TPSA) is 136 Å². The quantitative estimate of drug-likeness (QED) is 0.316. The molecule has 160 valence electrons. The van der Waals surface area contributed by atoms with Crippen molar-refractivity contribution < 1.29 is 24.2 Å². The second-order valence-electron chi connectivity index (χ2n) is 7.77. The van der Waals surface area contributed by atoms with Gasteiger partial charge in [-0.15, -0.1) is 0 Å². The third-order valence-electron chi connectivity index (χ3n) is 5.87. The number of rotatable bonds is 6. The Morgan fingerprint density at radius 3 is 2.55 bits per heavy atom. The van der Waals surface area contributed by atoms with Crippen molar-refractivity contribution in [3.63, 3.8) is 0 Å². The van der Waals surface area contributed by atoms with Gasteiger partial charge < -0.3 is 14.8 Å². The number of aliphatic hydroxyl groups is 1. The third kappa shape index (κ3) is 4.01. The molecule has 2 fully saturated rings. The van der Waals surface area contributed by atoms with Crippen LogP contribution in [-0.4, -0.2) is 50.9 Å². The first kappa shape index (κ1) is 20.6. The Morgan fingerprint density at radius 2 is 1.90 bits per heavy atom. The van der Waals surface area contributed by atoms with Gasteiger partial charge in [-0.1, -0.05) is 25.0 Å². The number of aromatic nitrogens is 2. The standard InChI is InChI=1S/C22H22N4O5/c23-11-15(20-24-16-7-3-4-8-17(16)25-20)18(27)12-31-19(28)9-10-26-21(29)13-5-1-2-6-14(13)22(26)30/h3-4,7-8,13-14,27H,1-2,5-6,9-10,12H2,(H,24,25)/b18-15+. The predicted octanol–water partition coefficient (Wildman–Crippen LogP) is 2.46. The molecule has 2 heterocycles. The molecule has 0 spiro atoms. The molecule has 1 saturated heterocycles. The van der Waals surface area contributed by atoms with Crippen molar-refractivity contribution in [2.45, 2.75) is 32.1 Å². The van der Waals surface area contributed by atoms with Gasteiger partial charge in [0, 0.05) is 6.54 Å². The fourth-order valence-electron chi connectivity index (χ4n) is 4.27. The number of allylic oxidation sites excluding steroid dienone is 1. The summed E-state index contributed by atoms with van der Waals surface area (Å²) in [5, 5.41) is 19.6. The number of nitrogens with one attached hydrogen (secondary N) is 1. The van der Waals surface area contributed by atoms with Crippen LogP contribution in [0.1, 0.15) is 37.9 Å². The van der Waals surface area contributed by atoms with E-state index in [-0.39, 0.29) is 48.0 Å². The van der Waals surface area contributed by atoms with Crippen molar-refractivity contribution in [1.82, 2.24) is 14.9 Å². The highest BCUT2D eigenvalue weighted by atomic mass is 16.5. The molecule has 1 aliphatic heterocycles. The van der Waals surface area contributed by atoms with Crippen LogP contribution in [0, 0.1) is 23.2 Å². The Balaban J connectivity index is 1.35. The van der Waals surface area contributed by atoms with E-state index in [0.717, 1.165) is 17.7 Å². The minimum Gasteiger partial charge on any atom is -0.507 e. The van der Waals surface area contributed by atoms with E-state index in [1.165, 1.54) is 0 Å². The van der Waals surface area contributed by atoms with E-state index in [0.29, 0.717) is 23.9 Å². The zero-order valence-electron chi connectivity index (χ0n) is 16.8. The van der Waals surface area contributed by atoms with Crippen LogP contribution >= 0.6 is 0 Å². The minimum absolute atomic E-state index is 0.0390. The van der Waals surface area contributed by atoms with Crippen molar-refractivity contribution in [2.24, 2.45) is 11.8 Å². The summed E-state index contributed by atoms with van der Waals surface area (Å²) < 4.78 is 5.04. The number of nitriles is 1. The summed E-state index contributed by atoms with van der Waals surface area (Å²) in [5.74, 6) is -1.87. The van der Waals surface area contributed by atoms with Crippen LogP contribution in [0.5, 0.6) is 0 Å². The van der Waals surface area contributed by atoms with Crippen LogP contribution < -0.4 is 0 Å². The Bertz CT molecular complexity index is 1060. The second-order valence-corrected chi connectivity index (χ2v) is 7.77. The number of benzene rings is 1. The fraction of sp³-hybridized carbons (Fsp3) is 0.409. The van der Waals surface area contributed by atoms with Crippen LogP contribution in [0.2, 0.25) is 0 Å². The highest BCUT2D eigenvalue weighted by molar-refractivity contribution is 6.05. The van der Waals surface area contributed by atoms with E-state index in [4.69, 9.17) is 4.74 Å². The Labute approximate surface area is 178 Å². The lowest BCUT2D eigenvalue weighted by molar-refractivity contribution is -0.145. The van der Waals surface area contributed by atoms with Crippen LogP contribution in [0.25, 0.3) is 16.6 Å². The number of hydrogen-bond donors (Lipinski definition) is 2. The molecular weight excluding hydrogens is 400 g/mol. The highest BCUT2D eigenvalue weighted by Crippen LogP contribution is 2.38. The molecule has 4 rings (SSSR count). The van der Waals surface area contributed by atoms with E-state index < -0.39 is 18.3 Å². The Kier molecular flexibility index (Phi) is 5.71. The van der Waals surface area contributed by atoms with E-state index in [1.54, 1.807) is 18.2 Å². The lowest BCUT2D eigenvalue weighted by atomic mass is 9.81. The van der Waals surface area contributed by atoms with Crippen molar-refractivity contribution in [1.29, 1.82) is 5.26 Å². The molecule has 2 aromatic rings. The van der Waals surface area contributed by atoms with Crippen molar-refractivity contribution >= 4 is 34.4 Å². The molecule has 0 bridgehead atoms. The first-order valence-electron chi connectivity index (χ1n) is 10.3. The monoisotopic (exact) mass is 422 g/mol.